The summed E-state index contributed by atoms with van der Waals surface area (Å²) in [6, 6.07) is 8.10. The monoisotopic (exact) mass is 297 g/mol. The van der Waals surface area contributed by atoms with Crippen LogP contribution in [0.1, 0.15) is 31.5 Å². The largest absolute Gasteiger partial charge is 0.391 e. The van der Waals surface area contributed by atoms with E-state index >= 15 is 0 Å². The van der Waals surface area contributed by atoms with Gasteiger partial charge in [-0.15, -0.1) is 15.3 Å². The first kappa shape index (κ1) is 13.5. The minimum atomic E-state index is -0.313. The molecule has 0 spiro atoms. The van der Waals surface area contributed by atoms with E-state index in [0.29, 0.717) is 0 Å². The second-order valence-corrected chi connectivity index (χ2v) is 5.98. The van der Waals surface area contributed by atoms with Gasteiger partial charge in [-0.25, -0.2) is 0 Å². The predicted octanol–water partition coefficient (Wildman–Crippen LogP) is 2.30. The number of nitrogens with one attached hydrogen (secondary N) is 1. The lowest BCUT2D eigenvalue weighted by atomic mass is 9.92. The molecular weight excluding hydrogens is 278 g/mol. The molecule has 0 bridgehead atoms. The Morgan fingerprint density at radius 2 is 1.91 bits per heavy atom. The number of aliphatic hydroxyl groups excluding tert-OH is 1. The average Bonchev–Trinajstić information content (AvgIpc) is 2.91. The zero-order valence-corrected chi connectivity index (χ0v) is 12.5. The van der Waals surface area contributed by atoms with E-state index in [0.717, 1.165) is 53.7 Å². The number of benzene rings is 1. The molecule has 2 aromatic heterocycles. The molecule has 1 aromatic carbocycles. The summed E-state index contributed by atoms with van der Waals surface area (Å²) in [4.78, 5) is 0. The fourth-order valence-corrected chi connectivity index (χ4v) is 3.25. The van der Waals surface area contributed by atoms with Crippen LogP contribution in [0.15, 0.2) is 24.3 Å². The van der Waals surface area contributed by atoms with Crippen molar-refractivity contribution in [3.8, 4) is 0 Å². The van der Waals surface area contributed by atoms with E-state index in [9.17, 15) is 5.11 Å². The zero-order chi connectivity index (χ0) is 15.1. The molecule has 2 atom stereocenters. The molecule has 2 heterocycles. The first-order valence-electron chi connectivity index (χ1n) is 7.79. The number of rotatable bonds is 2. The number of aryl methyl sites for hydroxylation is 1. The summed E-state index contributed by atoms with van der Waals surface area (Å²) in [5.74, 6) is 1.55. The maximum atomic E-state index is 10.2. The highest BCUT2D eigenvalue weighted by molar-refractivity contribution is 5.99. The highest BCUT2D eigenvalue weighted by Crippen LogP contribution is 2.28. The van der Waals surface area contributed by atoms with Gasteiger partial charge < -0.3 is 10.4 Å². The molecule has 4 rings (SSSR count). The molecule has 0 unspecified atom stereocenters. The van der Waals surface area contributed by atoms with Gasteiger partial charge in [0.05, 0.1) is 12.1 Å². The number of aromatic nitrogens is 4. The topological polar surface area (TPSA) is 75.3 Å². The smallest absolute Gasteiger partial charge is 0.185 e. The molecule has 0 saturated heterocycles. The molecule has 22 heavy (non-hydrogen) atoms. The van der Waals surface area contributed by atoms with Crippen LogP contribution in [0.25, 0.3) is 16.4 Å². The van der Waals surface area contributed by atoms with Crippen molar-refractivity contribution < 1.29 is 5.11 Å². The van der Waals surface area contributed by atoms with Crippen molar-refractivity contribution in [1.82, 2.24) is 19.8 Å². The van der Waals surface area contributed by atoms with Gasteiger partial charge in [0.1, 0.15) is 0 Å². The first-order valence-corrected chi connectivity index (χ1v) is 7.79. The van der Waals surface area contributed by atoms with Gasteiger partial charge in [-0.3, -0.25) is 0 Å². The van der Waals surface area contributed by atoms with Gasteiger partial charge in [-0.2, -0.15) is 4.52 Å². The quantitative estimate of drug-likeness (QED) is 0.759. The first-order chi connectivity index (χ1) is 10.7. The minimum Gasteiger partial charge on any atom is -0.391 e. The van der Waals surface area contributed by atoms with Crippen molar-refractivity contribution in [3.05, 3.63) is 30.1 Å². The van der Waals surface area contributed by atoms with Crippen LogP contribution in [0.2, 0.25) is 0 Å². The molecule has 0 radical (unpaired) electrons. The summed E-state index contributed by atoms with van der Waals surface area (Å²) < 4.78 is 1.76. The Labute approximate surface area is 128 Å². The number of aliphatic hydroxyl groups is 1. The van der Waals surface area contributed by atoms with E-state index in [1.54, 1.807) is 4.52 Å². The van der Waals surface area contributed by atoms with Crippen LogP contribution in [0, 0.1) is 6.92 Å². The second kappa shape index (κ2) is 5.21. The summed E-state index contributed by atoms with van der Waals surface area (Å²) >= 11 is 0. The third-order valence-electron chi connectivity index (χ3n) is 4.47. The van der Waals surface area contributed by atoms with E-state index < -0.39 is 0 Å². The number of fused-ring (bicyclic) bond motifs is 3. The van der Waals surface area contributed by atoms with Crippen LogP contribution in [0.4, 0.5) is 5.82 Å². The van der Waals surface area contributed by atoms with Crippen LogP contribution in [-0.4, -0.2) is 37.1 Å². The predicted molar refractivity (Wildman–Crippen MR) is 84.9 cm³/mol. The molecule has 114 valence electrons. The fraction of sp³-hybridized carbons (Fsp3) is 0.438. The van der Waals surface area contributed by atoms with Crippen molar-refractivity contribution in [1.29, 1.82) is 0 Å². The second-order valence-electron chi connectivity index (χ2n) is 5.98. The van der Waals surface area contributed by atoms with Crippen LogP contribution in [-0.2, 0) is 0 Å². The minimum absolute atomic E-state index is 0.0545. The number of nitrogens with zero attached hydrogens (tertiary/aromatic N) is 4. The number of anilines is 1. The summed E-state index contributed by atoms with van der Waals surface area (Å²) in [7, 11) is 0. The molecular formula is C16H19N5O. The molecule has 6 heteroatoms. The van der Waals surface area contributed by atoms with Gasteiger partial charge in [0.2, 0.25) is 0 Å². The Hall–Kier alpha value is -2.21. The lowest BCUT2D eigenvalue weighted by Gasteiger charge is -2.29. The highest BCUT2D eigenvalue weighted by Gasteiger charge is 2.24. The standard InChI is InChI=1S/C16H19N5O/c1-10-18-19-16-12-7-3-2-6-11(12)15(20-21(10)16)17-13-8-4-5-9-14(13)22/h2-3,6-7,13-14,22H,4-5,8-9H2,1H3,(H,17,20)/t13-,14-/m0/s1. The third-order valence-corrected chi connectivity index (χ3v) is 4.47. The summed E-state index contributed by atoms with van der Waals surface area (Å²) in [6.07, 6.45) is 3.74. The van der Waals surface area contributed by atoms with Crippen molar-refractivity contribution in [2.24, 2.45) is 0 Å². The van der Waals surface area contributed by atoms with Gasteiger partial charge in [-0.1, -0.05) is 37.1 Å². The van der Waals surface area contributed by atoms with Gasteiger partial charge in [-0.05, 0) is 19.8 Å². The Bertz CT molecular complexity index is 828. The molecule has 3 aromatic rings. The summed E-state index contributed by atoms with van der Waals surface area (Å²) in [5, 5.41) is 28.7. The molecule has 1 aliphatic rings. The van der Waals surface area contributed by atoms with E-state index in [1.165, 1.54) is 0 Å². The average molecular weight is 297 g/mol. The van der Waals surface area contributed by atoms with Gasteiger partial charge in [0.15, 0.2) is 17.3 Å². The maximum Gasteiger partial charge on any atom is 0.185 e. The molecule has 0 aliphatic heterocycles. The van der Waals surface area contributed by atoms with Crippen LogP contribution < -0.4 is 5.32 Å². The Balaban J connectivity index is 1.85. The fourth-order valence-electron chi connectivity index (χ4n) is 3.25. The molecule has 1 fully saturated rings. The van der Waals surface area contributed by atoms with Crippen molar-refractivity contribution in [2.75, 3.05) is 5.32 Å². The number of hydrogen-bond donors (Lipinski definition) is 2. The third kappa shape index (κ3) is 2.11. The normalized spacial score (nSPS) is 22.3. The lowest BCUT2D eigenvalue weighted by molar-refractivity contribution is 0.116. The van der Waals surface area contributed by atoms with Crippen molar-refractivity contribution >= 4 is 22.2 Å². The van der Waals surface area contributed by atoms with E-state index in [-0.39, 0.29) is 12.1 Å². The zero-order valence-electron chi connectivity index (χ0n) is 12.5. The van der Waals surface area contributed by atoms with E-state index in [4.69, 9.17) is 0 Å². The molecule has 1 aliphatic carbocycles. The van der Waals surface area contributed by atoms with Crippen LogP contribution in [0.3, 0.4) is 0 Å². The SMILES string of the molecule is Cc1nnc2c3ccccc3c(N[C@H]3CCCC[C@@H]3O)nn12. The molecule has 2 N–H and O–H groups in total. The van der Waals surface area contributed by atoms with Crippen LogP contribution in [0.5, 0.6) is 0 Å². The van der Waals surface area contributed by atoms with Gasteiger partial charge in [0, 0.05) is 10.8 Å². The van der Waals surface area contributed by atoms with E-state index in [1.807, 2.05) is 31.2 Å². The van der Waals surface area contributed by atoms with Gasteiger partial charge in [0.25, 0.3) is 0 Å². The lowest BCUT2D eigenvalue weighted by Crippen LogP contribution is -2.36. The molecule has 6 nitrogen and oxygen atoms in total. The maximum absolute atomic E-state index is 10.2. The number of hydrogen-bond acceptors (Lipinski definition) is 5. The van der Waals surface area contributed by atoms with Crippen molar-refractivity contribution in [3.63, 3.8) is 0 Å². The Morgan fingerprint density at radius 1 is 1.14 bits per heavy atom. The van der Waals surface area contributed by atoms with Crippen molar-refractivity contribution in [2.45, 2.75) is 44.8 Å². The molecule has 0 amide bonds. The van der Waals surface area contributed by atoms with Gasteiger partial charge >= 0.3 is 0 Å². The Morgan fingerprint density at radius 3 is 2.73 bits per heavy atom. The summed E-state index contributed by atoms with van der Waals surface area (Å²) in [6.45, 7) is 1.89. The van der Waals surface area contributed by atoms with Crippen LogP contribution >= 0.6 is 0 Å². The Kier molecular flexibility index (Phi) is 3.18. The highest BCUT2D eigenvalue weighted by atomic mass is 16.3. The molecule has 1 saturated carbocycles. The summed E-state index contributed by atoms with van der Waals surface area (Å²) in [5.41, 5.74) is 0.767. The van der Waals surface area contributed by atoms with E-state index in [2.05, 4.69) is 20.6 Å².